The molecule has 0 bridgehead atoms. The van der Waals surface area contributed by atoms with Crippen molar-refractivity contribution >= 4 is 11.9 Å². The van der Waals surface area contributed by atoms with Crippen LogP contribution in [0.15, 0.2) is 0 Å². The van der Waals surface area contributed by atoms with Crippen LogP contribution in [0.1, 0.15) is 20.3 Å². The van der Waals surface area contributed by atoms with E-state index in [1.807, 2.05) is 13.8 Å². The van der Waals surface area contributed by atoms with Crippen molar-refractivity contribution < 1.29 is 40.1 Å². The summed E-state index contributed by atoms with van der Waals surface area (Å²) in [6.45, 7) is 8.19. The van der Waals surface area contributed by atoms with Gasteiger partial charge in [0.05, 0.1) is 26.3 Å². The number of carboxylic acid groups (broad SMARTS) is 2. The fraction of sp³-hybridized carbons (Fsp3) is 0.895. The van der Waals surface area contributed by atoms with Gasteiger partial charge < -0.3 is 10.2 Å². The topological polar surface area (TPSA) is 146 Å². The van der Waals surface area contributed by atoms with Gasteiger partial charge in [-0.2, -0.15) is 0 Å². The zero-order chi connectivity index (χ0) is 23.2. The lowest BCUT2D eigenvalue weighted by Gasteiger charge is -2.37. The first kappa shape index (κ1) is 27.7. The largest absolute Gasteiger partial charge is 0.480 e. The van der Waals surface area contributed by atoms with Gasteiger partial charge in [-0.05, 0) is 13.3 Å². The van der Waals surface area contributed by atoms with Gasteiger partial charge in [0.15, 0.2) is 0 Å². The standard InChI is InChI=1S/C19H38N4O8/c1-3-17(15-31-29)23-9-7-21(13-19(26)27)5-4-20(12-18(24)25)6-8-22(10-11-23)16(2)14-30-28/h16-17,28-29H,3-15H2,1-2H3,(H,24,25)(H,26,27). The molecule has 1 rings (SSSR count). The Hall–Kier alpha value is -1.38. The normalized spacial score (nSPS) is 21.2. The summed E-state index contributed by atoms with van der Waals surface area (Å²) in [7, 11) is 0. The molecule has 0 aromatic rings. The summed E-state index contributed by atoms with van der Waals surface area (Å²) in [6, 6.07) is -0.117. The monoisotopic (exact) mass is 450 g/mol. The Kier molecular flexibility index (Phi) is 13.8. The second-order valence-corrected chi connectivity index (χ2v) is 7.91. The molecular formula is C19H38N4O8. The maximum atomic E-state index is 11.3. The lowest BCUT2D eigenvalue weighted by atomic mass is 10.2. The molecule has 31 heavy (non-hydrogen) atoms. The van der Waals surface area contributed by atoms with Crippen LogP contribution in [0.3, 0.4) is 0 Å². The van der Waals surface area contributed by atoms with Crippen molar-refractivity contribution in [3.8, 4) is 0 Å². The van der Waals surface area contributed by atoms with Crippen molar-refractivity contribution in [3.63, 3.8) is 0 Å². The summed E-state index contributed by atoms with van der Waals surface area (Å²) in [5, 5.41) is 36.3. The van der Waals surface area contributed by atoms with Crippen molar-refractivity contribution in [3.05, 3.63) is 0 Å². The minimum Gasteiger partial charge on any atom is -0.480 e. The average Bonchev–Trinajstić information content (AvgIpc) is 2.70. The van der Waals surface area contributed by atoms with E-state index < -0.39 is 11.9 Å². The van der Waals surface area contributed by atoms with Crippen LogP contribution in [0, 0.1) is 0 Å². The van der Waals surface area contributed by atoms with E-state index in [0.29, 0.717) is 52.4 Å². The Bertz CT molecular complexity index is 527. The van der Waals surface area contributed by atoms with Gasteiger partial charge in [0, 0.05) is 64.4 Å². The summed E-state index contributed by atoms with van der Waals surface area (Å²) < 4.78 is 0. The highest BCUT2D eigenvalue weighted by Gasteiger charge is 2.24. The second-order valence-electron chi connectivity index (χ2n) is 7.91. The molecule has 0 saturated carbocycles. The van der Waals surface area contributed by atoms with Crippen molar-refractivity contribution in [2.75, 3.05) is 78.7 Å². The van der Waals surface area contributed by atoms with Crippen LogP contribution in [-0.4, -0.2) is 143 Å². The van der Waals surface area contributed by atoms with E-state index in [-0.39, 0.29) is 38.4 Å². The van der Waals surface area contributed by atoms with Crippen molar-refractivity contribution in [2.24, 2.45) is 0 Å². The third kappa shape index (κ3) is 11.2. The van der Waals surface area contributed by atoms with Crippen LogP contribution in [0.4, 0.5) is 0 Å². The summed E-state index contributed by atoms with van der Waals surface area (Å²) in [5.41, 5.74) is 0. The van der Waals surface area contributed by atoms with Crippen LogP contribution in [-0.2, 0) is 19.4 Å². The molecule has 0 aromatic carbocycles. The molecule has 12 heteroatoms. The van der Waals surface area contributed by atoms with E-state index in [1.54, 1.807) is 9.80 Å². The lowest BCUT2D eigenvalue weighted by molar-refractivity contribution is -0.253. The first-order valence-electron chi connectivity index (χ1n) is 10.7. The zero-order valence-corrected chi connectivity index (χ0v) is 18.6. The van der Waals surface area contributed by atoms with E-state index in [4.69, 9.17) is 10.5 Å². The molecule has 1 heterocycles. The molecule has 0 radical (unpaired) electrons. The second kappa shape index (κ2) is 15.4. The first-order valence-corrected chi connectivity index (χ1v) is 10.7. The third-order valence-corrected chi connectivity index (χ3v) is 5.73. The van der Waals surface area contributed by atoms with Gasteiger partial charge in [0.1, 0.15) is 0 Å². The minimum atomic E-state index is -0.934. The maximum absolute atomic E-state index is 11.3. The molecule has 1 fully saturated rings. The Morgan fingerprint density at radius 2 is 1.19 bits per heavy atom. The predicted octanol–water partition coefficient (Wildman–Crippen LogP) is -0.476. The fourth-order valence-corrected chi connectivity index (χ4v) is 3.81. The van der Waals surface area contributed by atoms with E-state index in [0.717, 1.165) is 6.42 Å². The molecule has 1 aliphatic rings. The fourth-order valence-electron chi connectivity index (χ4n) is 3.81. The SMILES string of the molecule is CCC(COO)N1CCN(CC(=O)O)CCN(CC(=O)O)CCN(C(C)COO)CC1. The van der Waals surface area contributed by atoms with Gasteiger partial charge in [0.25, 0.3) is 0 Å². The smallest absolute Gasteiger partial charge is 0.317 e. The molecule has 2 atom stereocenters. The van der Waals surface area contributed by atoms with E-state index in [9.17, 15) is 19.8 Å². The molecule has 0 amide bonds. The third-order valence-electron chi connectivity index (χ3n) is 5.73. The minimum absolute atomic E-state index is 0.0330. The molecule has 4 N–H and O–H groups in total. The Morgan fingerprint density at radius 1 is 0.774 bits per heavy atom. The molecule has 1 saturated heterocycles. The molecule has 182 valence electrons. The van der Waals surface area contributed by atoms with Gasteiger partial charge in [0.2, 0.25) is 0 Å². The summed E-state index contributed by atoms with van der Waals surface area (Å²) in [4.78, 5) is 39.2. The first-order chi connectivity index (χ1) is 14.8. The number of rotatable bonds is 11. The lowest BCUT2D eigenvalue weighted by Crippen LogP contribution is -2.52. The average molecular weight is 451 g/mol. The molecule has 0 aliphatic carbocycles. The van der Waals surface area contributed by atoms with Crippen LogP contribution in [0.25, 0.3) is 0 Å². The quantitative estimate of drug-likeness (QED) is 0.238. The number of nitrogens with zero attached hydrogens (tertiary/aromatic N) is 4. The Labute approximate surface area is 183 Å². The van der Waals surface area contributed by atoms with Crippen LogP contribution >= 0.6 is 0 Å². The molecular weight excluding hydrogens is 412 g/mol. The number of hydrogen-bond acceptors (Lipinski definition) is 10. The predicted molar refractivity (Wildman–Crippen MR) is 112 cm³/mol. The van der Waals surface area contributed by atoms with Crippen LogP contribution < -0.4 is 0 Å². The van der Waals surface area contributed by atoms with Gasteiger partial charge in [-0.1, -0.05) is 6.92 Å². The van der Waals surface area contributed by atoms with Crippen molar-refractivity contribution in [1.82, 2.24) is 19.6 Å². The molecule has 1 aliphatic heterocycles. The Balaban J connectivity index is 3.03. The molecule has 12 nitrogen and oxygen atoms in total. The number of carbonyl (C=O) groups is 2. The molecule has 0 aromatic heterocycles. The van der Waals surface area contributed by atoms with Crippen LogP contribution in [0.5, 0.6) is 0 Å². The van der Waals surface area contributed by atoms with Gasteiger partial charge in [-0.3, -0.25) is 39.7 Å². The highest BCUT2D eigenvalue weighted by molar-refractivity contribution is 5.69. The summed E-state index contributed by atoms with van der Waals surface area (Å²) in [5.74, 6) is -1.87. The number of hydrogen-bond donors (Lipinski definition) is 4. The van der Waals surface area contributed by atoms with Crippen LogP contribution in [0.2, 0.25) is 0 Å². The highest BCUT2D eigenvalue weighted by Crippen LogP contribution is 2.09. The molecule has 0 spiro atoms. The van der Waals surface area contributed by atoms with Crippen molar-refractivity contribution in [2.45, 2.75) is 32.4 Å². The van der Waals surface area contributed by atoms with Gasteiger partial charge >= 0.3 is 11.9 Å². The highest BCUT2D eigenvalue weighted by atomic mass is 17.1. The summed E-state index contributed by atoms with van der Waals surface area (Å²) in [6.07, 6.45) is 0.751. The number of carboxylic acids is 2. The van der Waals surface area contributed by atoms with Crippen molar-refractivity contribution in [1.29, 1.82) is 0 Å². The van der Waals surface area contributed by atoms with Gasteiger partial charge in [-0.15, -0.1) is 0 Å². The molecule has 2 unspecified atom stereocenters. The van der Waals surface area contributed by atoms with E-state index in [2.05, 4.69) is 19.6 Å². The zero-order valence-electron chi connectivity index (χ0n) is 18.6. The Morgan fingerprint density at radius 3 is 1.65 bits per heavy atom. The number of aliphatic carboxylic acids is 2. The van der Waals surface area contributed by atoms with E-state index in [1.165, 1.54) is 0 Å². The van der Waals surface area contributed by atoms with E-state index >= 15 is 0 Å². The summed E-state index contributed by atoms with van der Waals surface area (Å²) >= 11 is 0. The van der Waals surface area contributed by atoms with Gasteiger partial charge in [-0.25, -0.2) is 9.78 Å². The maximum Gasteiger partial charge on any atom is 0.317 e.